The Hall–Kier alpha value is -0.300. The highest BCUT2D eigenvalue weighted by Crippen LogP contribution is 2.29. The smallest absolute Gasteiger partial charge is 0.0543 e. The fourth-order valence-electron chi connectivity index (χ4n) is 2.28. The van der Waals surface area contributed by atoms with E-state index in [0.717, 1.165) is 25.2 Å². The average Bonchev–Trinajstić information content (AvgIpc) is 2.63. The molecule has 1 atom stereocenters. The van der Waals surface area contributed by atoms with E-state index in [1.807, 2.05) is 6.92 Å². The molecule has 0 spiro atoms. The molecule has 1 N–H and O–H groups in total. The first kappa shape index (κ1) is 11.8. The minimum Gasteiger partial charge on any atom is -0.393 e. The van der Waals surface area contributed by atoms with E-state index in [4.69, 9.17) is 0 Å². The number of aliphatic hydroxyl groups is 1. The third kappa shape index (κ3) is 4.80. The highest BCUT2D eigenvalue weighted by atomic mass is 16.3. The van der Waals surface area contributed by atoms with Crippen molar-refractivity contribution in [2.75, 3.05) is 0 Å². The van der Waals surface area contributed by atoms with Gasteiger partial charge in [-0.15, -0.1) is 6.58 Å². The second-order valence-corrected chi connectivity index (χ2v) is 4.88. The van der Waals surface area contributed by atoms with Crippen molar-refractivity contribution in [1.82, 2.24) is 0 Å². The Labute approximate surface area is 88.2 Å². The fourth-order valence-corrected chi connectivity index (χ4v) is 2.28. The molecule has 0 aromatic carbocycles. The zero-order valence-corrected chi connectivity index (χ0v) is 9.47. The van der Waals surface area contributed by atoms with Crippen LogP contribution in [0.1, 0.15) is 58.3 Å². The lowest BCUT2D eigenvalue weighted by Gasteiger charge is -2.13. The minimum atomic E-state index is -0.0905. The van der Waals surface area contributed by atoms with E-state index in [1.54, 1.807) is 0 Å². The zero-order valence-electron chi connectivity index (χ0n) is 9.47. The third-order valence-electron chi connectivity index (χ3n) is 3.29. The number of allylic oxidation sites excluding steroid dienone is 1. The van der Waals surface area contributed by atoms with Gasteiger partial charge in [-0.05, 0) is 38.5 Å². The van der Waals surface area contributed by atoms with Crippen LogP contribution in [0.25, 0.3) is 0 Å². The molecule has 82 valence electrons. The Bertz CT molecular complexity index is 168. The maximum atomic E-state index is 9.72. The molecule has 14 heavy (non-hydrogen) atoms. The van der Waals surface area contributed by atoms with Crippen LogP contribution in [0.15, 0.2) is 12.2 Å². The van der Waals surface area contributed by atoms with Crippen LogP contribution < -0.4 is 0 Å². The molecule has 1 rings (SSSR count). The van der Waals surface area contributed by atoms with Gasteiger partial charge in [-0.3, -0.25) is 0 Å². The summed E-state index contributed by atoms with van der Waals surface area (Å²) in [6, 6.07) is 0. The van der Waals surface area contributed by atoms with Crippen molar-refractivity contribution >= 4 is 0 Å². The van der Waals surface area contributed by atoms with Gasteiger partial charge in [0, 0.05) is 0 Å². The van der Waals surface area contributed by atoms with Gasteiger partial charge in [0.05, 0.1) is 6.10 Å². The first-order valence-electron chi connectivity index (χ1n) is 6.01. The summed E-state index contributed by atoms with van der Waals surface area (Å²) in [6.45, 7) is 5.88. The lowest BCUT2D eigenvalue weighted by atomic mass is 9.97. The van der Waals surface area contributed by atoms with Crippen molar-refractivity contribution in [2.24, 2.45) is 5.92 Å². The minimum absolute atomic E-state index is 0.0905. The Balaban J connectivity index is 2.02. The SMILES string of the molecule is C=C(C)CCC(O)CCC1CCCC1. The van der Waals surface area contributed by atoms with Crippen LogP contribution in [0.3, 0.4) is 0 Å². The van der Waals surface area contributed by atoms with Gasteiger partial charge in [0.1, 0.15) is 0 Å². The molecule has 0 aromatic rings. The van der Waals surface area contributed by atoms with E-state index in [0.29, 0.717) is 0 Å². The van der Waals surface area contributed by atoms with Crippen LogP contribution >= 0.6 is 0 Å². The molecule has 0 saturated heterocycles. The van der Waals surface area contributed by atoms with Crippen LogP contribution in [0.4, 0.5) is 0 Å². The molecule has 1 unspecified atom stereocenters. The summed E-state index contributed by atoms with van der Waals surface area (Å²) in [7, 11) is 0. The van der Waals surface area contributed by atoms with Gasteiger partial charge >= 0.3 is 0 Å². The number of aliphatic hydroxyl groups excluding tert-OH is 1. The fraction of sp³-hybridized carbons (Fsp3) is 0.846. The van der Waals surface area contributed by atoms with Gasteiger partial charge in [0.2, 0.25) is 0 Å². The topological polar surface area (TPSA) is 20.2 Å². The Morgan fingerprint density at radius 3 is 2.57 bits per heavy atom. The van der Waals surface area contributed by atoms with Gasteiger partial charge in [-0.25, -0.2) is 0 Å². The second kappa shape index (κ2) is 6.23. The van der Waals surface area contributed by atoms with Crippen LogP contribution in [0.5, 0.6) is 0 Å². The Morgan fingerprint density at radius 2 is 2.00 bits per heavy atom. The van der Waals surface area contributed by atoms with Crippen molar-refractivity contribution in [3.05, 3.63) is 12.2 Å². The quantitative estimate of drug-likeness (QED) is 0.643. The van der Waals surface area contributed by atoms with Crippen LogP contribution in [0, 0.1) is 5.92 Å². The molecule has 0 heterocycles. The summed E-state index contributed by atoms with van der Waals surface area (Å²) in [5.74, 6) is 0.912. The maximum Gasteiger partial charge on any atom is 0.0543 e. The molecular formula is C13H24O. The standard InChI is InChI=1S/C13H24O/c1-11(2)7-9-13(14)10-8-12-5-3-4-6-12/h12-14H,1,3-10H2,2H3. The molecule has 0 radical (unpaired) electrons. The van der Waals surface area contributed by atoms with Crippen LogP contribution in [-0.4, -0.2) is 11.2 Å². The number of hydrogen-bond donors (Lipinski definition) is 1. The second-order valence-electron chi connectivity index (χ2n) is 4.88. The molecule has 0 bridgehead atoms. The molecule has 0 aliphatic heterocycles. The van der Waals surface area contributed by atoms with Crippen molar-refractivity contribution < 1.29 is 5.11 Å². The lowest BCUT2D eigenvalue weighted by Crippen LogP contribution is -2.08. The van der Waals surface area contributed by atoms with E-state index >= 15 is 0 Å². The van der Waals surface area contributed by atoms with Gasteiger partial charge < -0.3 is 5.11 Å². The monoisotopic (exact) mass is 196 g/mol. The first-order chi connectivity index (χ1) is 6.68. The van der Waals surface area contributed by atoms with E-state index in [2.05, 4.69) is 6.58 Å². The Morgan fingerprint density at radius 1 is 1.36 bits per heavy atom. The number of hydrogen-bond acceptors (Lipinski definition) is 1. The van der Waals surface area contributed by atoms with Gasteiger partial charge in [0.15, 0.2) is 0 Å². The lowest BCUT2D eigenvalue weighted by molar-refractivity contribution is 0.145. The average molecular weight is 196 g/mol. The van der Waals surface area contributed by atoms with Crippen molar-refractivity contribution in [3.8, 4) is 0 Å². The summed E-state index contributed by atoms with van der Waals surface area (Å²) >= 11 is 0. The highest BCUT2D eigenvalue weighted by Gasteiger charge is 2.16. The molecule has 1 heteroatoms. The van der Waals surface area contributed by atoms with Gasteiger partial charge in [0.25, 0.3) is 0 Å². The summed E-state index contributed by atoms with van der Waals surface area (Å²) in [6.07, 6.45) is 9.63. The van der Waals surface area contributed by atoms with E-state index < -0.39 is 0 Å². The zero-order chi connectivity index (χ0) is 10.4. The van der Waals surface area contributed by atoms with Gasteiger partial charge in [-0.1, -0.05) is 31.3 Å². The normalized spacial score (nSPS) is 19.9. The van der Waals surface area contributed by atoms with Crippen molar-refractivity contribution in [2.45, 2.75) is 64.4 Å². The van der Waals surface area contributed by atoms with Crippen LogP contribution in [-0.2, 0) is 0 Å². The molecule has 1 fully saturated rings. The largest absolute Gasteiger partial charge is 0.393 e. The molecule has 1 nitrogen and oxygen atoms in total. The van der Waals surface area contributed by atoms with Crippen LogP contribution in [0.2, 0.25) is 0 Å². The predicted octanol–water partition coefficient (Wildman–Crippen LogP) is 3.67. The molecule has 0 amide bonds. The maximum absolute atomic E-state index is 9.72. The molecule has 1 saturated carbocycles. The summed E-state index contributed by atoms with van der Waals surface area (Å²) in [5.41, 5.74) is 1.19. The molecule has 1 aliphatic carbocycles. The predicted molar refractivity (Wildman–Crippen MR) is 61.2 cm³/mol. The molecular weight excluding hydrogens is 172 g/mol. The van der Waals surface area contributed by atoms with E-state index in [9.17, 15) is 5.11 Å². The highest BCUT2D eigenvalue weighted by molar-refractivity contribution is 4.88. The van der Waals surface area contributed by atoms with Gasteiger partial charge in [-0.2, -0.15) is 0 Å². The summed E-state index contributed by atoms with van der Waals surface area (Å²) in [5, 5.41) is 9.72. The summed E-state index contributed by atoms with van der Waals surface area (Å²) < 4.78 is 0. The van der Waals surface area contributed by atoms with Crippen molar-refractivity contribution in [3.63, 3.8) is 0 Å². The molecule has 0 aromatic heterocycles. The van der Waals surface area contributed by atoms with Crippen molar-refractivity contribution in [1.29, 1.82) is 0 Å². The van der Waals surface area contributed by atoms with E-state index in [-0.39, 0.29) is 6.10 Å². The Kier molecular flexibility index (Phi) is 5.24. The first-order valence-corrected chi connectivity index (χ1v) is 6.01. The summed E-state index contributed by atoms with van der Waals surface area (Å²) in [4.78, 5) is 0. The third-order valence-corrected chi connectivity index (χ3v) is 3.29. The van der Waals surface area contributed by atoms with E-state index in [1.165, 1.54) is 37.7 Å². The molecule has 1 aliphatic rings. The number of rotatable bonds is 6.